The number of likely N-dealkylation sites (tertiary alicyclic amines) is 1. The minimum Gasteiger partial charge on any atom is -0.463 e. The number of hydrogen-bond acceptors (Lipinski definition) is 4. The predicted octanol–water partition coefficient (Wildman–Crippen LogP) is 3.51. The second-order valence-electron chi connectivity index (χ2n) is 5.71. The molecular formula is C18H16N2O2S. The Balaban J connectivity index is 1.40. The average molecular weight is 324 g/mol. The van der Waals surface area contributed by atoms with Crippen molar-refractivity contribution in [2.75, 3.05) is 13.1 Å². The summed E-state index contributed by atoms with van der Waals surface area (Å²) in [5.74, 6) is 0.0762. The maximum absolute atomic E-state index is 12.4. The summed E-state index contributed by atoms with van der Waals surface area (Å²) in [6.45, 7) is 3.19. The van der Waals surface area contributed by atoms with E-state index in [4.69, 9.17) is 4.74 Å². The molecule has 0 atom stereocenters. The van der Waals surface area contributed by atoms with Gasteiger partial charge >= 0.3 is 0 Å². The molecule has 0 spiro atoms. The summed E-state index contributed by atoms with van der Waals surface area (Å²) in [5.41, 5.74) is 2.73. The Morgan fingerprint density at radius 2 is 1.91 bits per heavy atom. The van der Waals surface area contributed by atoms with Gasteiger partial charge in [0, 0.05) is 5.56 Å². The van der Waals surface area contributed by atoms with E-state index in [1.165, 1.54) is 0 Å². The van der Waals surface area contributed by atoms with Crippen LogP contribution >= 0.6 is 11.3 Å². The SMILES string of the molecule is Cc1ccccc1C(=O)N1CC(Oc2nc3ccccc3s2)C1. The Labute approximate surface area is 138 Å². The summed E-state index contributed by atoms with van der Waals surface area (Å²) < 4.78 is 7.02. The molecule has 1 fully saturated rings. The van der Waals surface area contributed by atoms with E-state index in [-0.39, 0.29) is 12.0 Å². The minimum absolute atomic E-state index is 0.0310. The fourth-order valence-corrected chi connectivity index (χ4v) is 3.59. The van der Waals surface area contributed by atoms with Gasteiger partial charge in [0.15, 0.2) is 0 Å². The Morgan fingerprint density at radius 3 is 2.70 bits per heavy atom. The highest BCUT2D eigenvalue weighted by atomic mass is 32.1. The van der Waals surface area contributed by atoms with E-state index in [1.54, 1.807) is 11.3 Å². The largest absolute Gasteiger partial charge is 0.463 e. The van der Waals surface area contributed by atoms with E-state index in [0.29, 0.717) is 18.3 Å². The molecule has 23 heavy (non-hydrogen) atoms. The fraction of sp³-hybridized carbons (Fsp3) is 0.222. The van der Waals surface area contributed by atoms with Crippen molar-refractivity contribution in [2.24, 2.45) is 0 Å². The summed E-state index contributed by atoms with van der Waals surface area (Å²) in [6, 6.07) is 15.7. The Bertz CT molecular complexity index is 835. The van der Waals surface area contributed by atoms with E-state index in [0.717, 1.165) is 21.3 Å². The van der Waals surface area contributed by atoms with Gasteiger partial charge in [0.1, 0.15) is 6.10 Å². The number of nitrogens with zero attached hydrogens (tertiary/aromatic N) is 2. The first-order valence-electron chi connectivity index (χ1n) is 7.58. The maximum atomic E-state index is 12.4. The summed E-state index contributed by atoms with van der Waals surface area (Å²) in [7, 11) is 0. The average Bonchev–Trinajstić information content (AvgIpc) is 2.93. The molecule has 1 amide bonds. The predicted molar refractivity (Wildman–Crippen MR) is 91.1 cm³/mol. The number of para-hydroxylation sites is 1. The molecule has 0 N–H and O–H groups in total. The molecule has 0 aliphatic carbocycles. The second-order valence-corrected chi connectivity index (χ2v) is 6.71. The van der Waals surface area contributed by atoms with Crippen LogP contribution < -0.4 is 4.74 Å². The number of carbonyl (C=O) groups is 1. The molecule has 0 bridgehead atoms. The smallest absolute Gasteiger partial charge is 0.274 e. The zero-order valence-electron chi connectivity index (χ0n) is 12.7. The van der Waals surface area contributed by atoms with Gasteiger partial charge in [-0.2, -0.15) is 0 Å². The molecule has 5 heteroatoms. The van der Waals surface area contributed by atoms with Crippen LogP contribution in [0.1, 0.15) is 15.9 Å². The lowest BCUT2D eigenvalue weighted by Gasteiger charge is -2.38. The third-order valence-corrected chi connectivity index (χ3v) is 4.98. The Hall–Kier alpha value is -2.40. The van der Waals surface area contributed by atoms with Crippen LogP contribution in [0.4, 0.5) is 0 Å². The van der Waals surface area contributed by atoms with Crippen molar-refractivity contribution >= 4 is 27.5 Å². The van der Waals surface area contributed by atoms with Gasteiger partial charge in [0.25, 0.3) is 11.1 Å². The van der Waals surface area contributed by atoms with Crippen LogP contribution in [0.25, 0.3) is 10.2 Å². The van der Waals surface area contributed by atoms with E-state index in [9.17, 15) is 4.79 Å². The molecule has 2 heterocycles. The quantitative estimate of drug-likeness (QED) is 0.740. The van der Waals surface area contributed by atoms with Gasteiger partial charge in [-0.1, -0.05) is 41.7 Å². The number of rotatable bonds is 3. The zero-order valence-corrected chi connectivity index (χ0v) is 13.5. The molecule has 2 aromatic carbocycles. The highest BCUT2D eigenvalue weighted by Gasteiger charge is 2.33. The summed E-state index contributed by atoms with van der Waals surface area (Å²) in [4.78, 5) is 18.7. The lowest BCUT2D eigenvalue weighted by Crippen LogP contribution is -2.56. The first-order valence-corrected chi connectivity index (χ1v) is 8.39. The summed E-state index contributed by atoms with van der Waals surface area (Å²) in [5, 5.41) is 0.680. The highest BCUT2D eigenvalue weighted by molar-refractivity contribution is 7.20. The number of carbonyl (C=O) groups excluding carboxylic acids is 1. The molecule has 1 aliphatic heterocycles. The van der Waals surface area contributed by atoms with Crippen molar-refractivity contribution in [3.8, 4) is 5.19 Å². The lowest BCUT2D eigenvalue weighted by molar-refractivity contribution is 0.0177. The number of hydrogen-bond donors (Lipinski definition) is 0. The van der Waals surface area contributed by atoms with Gasteiger partial charge in [-0.05, 0) is 30.7 Å². The second kappa shape index (κ2) is 5.66. The fourth-order valence-electron chi connectivity index (χ4n) is 2.71. The van der Waals surface area contributed by atoms with Gasteiger partial charge in [0.2, 0.25) is 0 Å². The van der Waals surface area contributed by atoms with Crippen molar-refractivity contribution in [3.05, 3.63) is 59.7 Å². The van der Waals surface area contributed by atoms with Crippen molar-refractivity contribution in [3.63, 3.8) is 0 Å². The van der Waals surface area contributed by atoms with Gasteiger partial charge in [-0.3, -0.25) is 4.79 Å². The number of amides is 1. The van der Waals surface area contributed by atoms with E-state index in [2.05, 4.69) is 4.98 Å². The summed E-state index contributed by atoms with van der Waals surface area (Å²) in [6.07, 6.45) is 0.0310. The molecule has 4 nitrogen and oxygen atoms in total. The van der Waals surface area contributed by atoms with Crippen molar-refractivity contribution in [2.45, 2.75) is 13.0 Å². The van der Waals surface area contributed by atoms with Crippen molar-refractivity contribution in [1.29, 1.82) is 0 Å². The van der Waals surface area contributed by atoms with Crippen LogP contribution in [0.3, 0.4) is 0 Å². The van der Waals surface area contributed by atoms with Crippen LogP contribution in [0, 0.1) is 6.92 Å². The van der Waals surface area contributed by atoms with E-state index in [1.807, 2.05) is 60.4 Å². The third kappa shape index (κ3) is 2.68. The normalized spacial score (nSPS) is 14.7. The van der Waals surface area contributed by atoms with Crippen LogP contribution in [0.2, 0.25) is 0 Å². The van der Waals surface area contributed by atoms with Crippen LogP contribution in [-0.2, 0) is 0 Å². The summed E-state index contributed by atoms with van der Waals surface area (Å²) >= 11 is 1.55. The van der Waals surface area contributed by atoms with Crippen LogP contribution in [0.15, 0.2) is 48.5 Å². The maximum Gasteiger partial charge on any atom is 0.274 e. The molecule has 1 saturated heterocycles. The molecule has 1 aromatic heterocycles. The molecule has 0 unspecified atom stereocenters. The number of benzene rings is 2. The van der Waals surface area contributed by atoms with Gasteiger partial charge in [0.05, 0.1) is 23.3 Å². The molecule has 1 aliphatic rings. The molecule has 116 valence electrons. The molecular weight excluding hydrogens is 308 g/mol. The first-order chi connectivity index (χ1) is 11.2. The van der Waals surface area contributed by atoms with Gasteiger partial charge in [-0.25, -0.2) is 4.98 Å². The topological polar surface area (TPSA) is 42.4 Å². The van der Waals surface area contributed by atoms with E-state index < -0.39 is 0 Å². The molecule has 4 rings (SSSR count). The number of thiazole rings is 1. The van der Waals surface area contributed by atoms with Crippen molar-refractivity contribution in [1.82, 2.24) is 9.88 Å². The van der Waals surface area contributed by atoms with Gasteiger partial charge < -0.3 is 9.64 Å². The molecule has 3 aromatic rings. The van der Waals surface area contributed by atoms with Crippen LogP contribution in [-0.4, -0.2) is 35.0 Å². The standard InChI is InChI=1S/C18H16N2O2S/c1-12-6-2-3-7-14(12)17(21)20-10-13(11-20)22-18-19-15-8-4-5-9-16(15)23-18/h2-9,13H,10-11H2,1H3. The van der Waals surface area contributed by atoms with Crippen LogP contribution in [0.5, 0.6) is 5.19 Å². The molecule has 0 radical (unpaired) electrons. The van der Waals surface area contributed by atoms with E-state index >= 15 is 0 Å². The number of ether oxygens (including phenoxy) is 1. The van der Waals surface area contributed by atoms with Crippen molar-refractivity contribution < 1.29 is 9.53 Å². The zero-order chi connectivity index (χ0) is 15.8. The Kier molecular flexibility index (Phi) is 3.50. The number of fused-ring (bicyclic) bond motifs is 1. The number of aryl methyl sites for hydroxylation is 1. The lowest BCUT2D eigenvalue weighted by atomic mass is 10.0. The minimum atomic E-state index is 0.0310. The molecule has 0 saturated carbocycles. The first kappa shape index (κ1) is 14.2. The monoisotopic (exact) mass is 324 g/mol. The third-order valence-electron chi connectivity index (χ3n) is 4.05. The highest BCUT2D eigenvalue weighted by Crippen LogP contribution is 2.29. The van der Waals surface area contributed by atoms with Gasteiger partial charge in [-0.15, -0.1) is 0 Å². The Morgan fingerprint density at radius 1 is 1.17 bits per heavy atom. The number of aromatic nitrogens is 1.